The van der Waals surface area contributed by atoms with Crippen LogP contribution in [0.3, 0.4) is 0 Å². The van der Waals surface area contributed by atoms with Crippen molar-refractivity contribution in [2.45, 2.75) is 44.9 Å². The van der Waals surface area contributed by atoms with E-state index in [4.69, 9.17) is 9.47 Å². The highest BCUT2D eigenvalue weighted by atomic mass is 19.1. The van der Waals surface area contributed by atoms with E-state index in [0.717, 1.165) is 54.4 Å². The van der Waals surface area contributed by atoms with Crippen LogP contribution in [0.15, 0.2) is 48.7 Å². The Morgan fingerprint density at radius 3 is 2.65 bits per heavy atom. The summed E-state index contributed by atoms with van der Waals surface area (Å²) in [4.78, 5) is 17.4. The normalized spacial score (nSPS) is 23.7. The summed E-state index contributed by atoms with van der Waals surface area (Å²) >= 11 is 0. The Bertz CT molecular complexity index is 1190. The van der Waals surface area contributed by atoms with Crippen LogP contribution in [0.1, 0.15) is 49.1 Å². The van der Waals surface area contributed by atoms with Crippen molar-refractivity contribution in [3.8, 4) is 5.75 Å². The van der Waals surface area contributed by atoms with Crippen LogP contribution in [-0.4, -0.2) is 31.2 Å². The van der Waals surface area contributed by atoms with E-state index >= 15 is 0 Å². The number of nitrogens with zero attached hydrogens (tertiary/aromatic N) is 1. The van der Waals surface area contributed by atoms with Crippen LogP contribution in [0.4, 0.5) is 10.1 Å². The van der Waals surface area contributed by atoms with Gasteiger partial charge in [0.25, 0.3) is 0 Å². The number of aromatic nitrogens is 1. The third kappa shape index (κ3) is 4.51. The van der Waals surface area contributed by atoms with Crippen molar-refractivity contribution in [2.24, 2.45) is 11.3 Å². The van der Waals surface area contributed by atoms with Crippen molar-refractivity contribution in [3.05, 3.63) is 65.6 Å². The number of aryl methyl sites for hydroxylation is 1. The van der Waals surface area contributed by atoms with Gasteiger partial charge in [-0.3, -0.25) is 9.78 Å². The lowest BCUT2D eigenvalue weighted by Crippen LogP contribution is -2.22. The molecule has 0 unspecified atom stereocenters. The molecule has 2 saturated carbocycles. The van der Waals surface area contributed by atoms with E-state index in [9.17, 15) is 9.18 Å². The SMILES string of the molecule is COCCOc1ccc(NC(=O)[C@@H]2C[C@]23CC[C@H](c2ccnc4cc(C)c(F)cc42)CC3)cc1. The van der Waals surface area contributed by atoms with E-state index in [-0.39, 0.29) is 23.1 Å². The minimum Gasteiger partial charge on any atom is -0.491 e. The second-order valence-corrected chi connectivity index (χ2v) is 9.77. The largest absolute Gasteiger partial charge is 0.491 e. The molecule has 34 heavy (non-hydrogen) atoms. The lowest BCUT2D eigenvalue weighted by molar-refractivity contribution is -0.118. The summed E-state index contributed by atoms with van der Waals surface area (Å²) in [5.41, 5.74) is 3.58. The second kappa shape index (κ2) is 9.34. The quantitative estimate of drug-likeness (QED) is 0.437. The van der Waals surface area contributed by atoms with Crippen molar-refractivity contribution >= 4 is 22.5 Å². The molecule has 0 bridgehead atoms. The molecule has 1 heterocycles. The zero-order valence-electron chi connectivity index (χ0n) is 19.8. The Morgan fingerprint density at radius 1 is 1.15 bits per heavy atom. The first-order valence-corrected chi connectivity index (χ1v) is 12.1. The molecule has 1 aromatic heterocycles. The van der Waals surface area contributed by atoms with Gasteiger partial charge in [0.1, 0.15) is 18.2 Å². The minimum atomic E-state index is -0.178. The van der Waals surface area contributed by atoms with Gasteiger partial charge < -0.3 is 14.8 Å². The minimum absolute atomic E-state index is 0.0698. The van der Waals surface area contributed by atoms with Gasteiger partial charge in [-0.05, 0) is 104 Å². The fourth-order valence-electron chi connectivity index (χ4n) is 5.53. The number of halogens is 1. The highest BCUT2D eigenvalue weighted by Gasteiger charge is 2.58. The number of carbonyl (C=O) groups is 1. The van der Waals surface area contributed by atoms with E-state index in [1.165, 1.54) is 5.56 Å². The number of carbonyl (C=O) groups excluding carboxylic acids is 1. The van der Waals surface area contributed by atoms with E-state index in [1.54, 1.807) is 20.1 Å². The number of fused-ring (bicyclic) bond motifs is 1. The molecule has 178 valence electrons. The summed E-state index contributed by atoms with van der Waals surface area (Å²) in [7, 11) is 1.64. The van der Waals surface area contributed by atoms with E-state index in [0.29, 0.717) is 24.7 Å². The fraction of sp³-hybridized carbons (Fsp3) is 0.429. The van der Waals surface area contributed by atoms with Crippen molar-refractivity contribution in [2.75, 3.05) is 25.6 Å². The number of rotatable bonds is 7. The van der Waals surface area contributed by atoms with E-state index in [2.05, 4.69) is 10.3 Å². The van der Waals surface area contributed by atoms with Crippen LogP contribution in [0.25, 0.3) is 10.9 Å². The molecule has 6 heteroatoms. The molecule has 5 nitrogen and oxygen atoms in total. The third-order valence-electron chi connectivity index (χ3n) is 7.66. The average molecular weight is 463 g/mol. The van der Waals surface area contributed by atoms with Crippen LogP contribution in [0.2, 0.25) is 0 Å². The lowest BCUT2D eigenvalue weighted by atomic mass is 9.75. The number of hydrogen-bond acceptors (Lipinski definition) is 4. The molecule has 1 N–H and O–H groups in total. The molecule has 1 atom stereocenters. The van der Waals surface area contributed by atoms with Gasteiger partial charge in [-0.15, -0.1) is 0 Å². The van der Waals surface area contributed by atoms with Gasteiger partial charge in [0.2, 0.25) is 5.91 Å². The molecule has 5 rings (SSSR count). The van der Waals surface area contributed by atoms with E-state index < -0.39 is 0 Å². The molecular weight excluding hydrogens is 431 g/mol. The maximum absolute atomic E-state index is 14.3. The second-order valence-electron chi connectivity index (χ2n) is 9.77. The number of hydrogen-bond donors (Lipinski definition) is 1. The van der Waals surface area contributed by atoms with E-state index in [1.807, 2.05) is 42.6 Å². The van der Waals surface area contributed by atoms with Crippen molar-refractivity contribution in [1.82, 2.24) is 4.98 Å². The number of amides is 1. The Labute approximate surface area is 199 Å². The zero-order valence-corrected chi connectivity index (χ0v) is 19.8. The summed E-state index contributed by atoms with van der Waals surface area (Å²) in [6, 6.07) is 13.0. The smallest absolute Gasteiger partial charge is 0.228 e. The maximum Gasteiger partial charge on any atom is 0.228 e. The first-order valence-electron chi connectivity index (χ1n) is 12.1. The Kier molecular flexibility index (Phi) is 6.26. The van der Waals surface area contributed by atoms with Gasteiger partial charge in [0.15, 0.2) is 0 Å². The predicted molar refractivity (Wildman–Crippen MR) is 131 cm³/mol. The molecule has 0 aliphatic heterocycles. The fourth-order valence-corrected chi connectivity index (χ4v) is 5.53. The summed E-state index contributed by atoms with van der Waals surface area (Å²) < 4.78 is 24.8. The molecular formula is C28H31FN2O3. The molecule has 3 aromatic rings. The number of nitrogens with one attached hydrogen (secondary N) is 1. The van der Waals surface area contributed by atoms with Crippen LogP contribution in [0, 0.1) is 24.1 Å². The maximum atomic E-state index is 14.3. The van der Waals surface area contributed by atoms with Gasteiger partial charge in [-0.2, -0.15) is 0 Å². The van der Waals surface area contributed by atoms with Crippen molar-refractivity contribution in [1.29, 1.82) is 0 Å². The van der Waals surface area contributed by atoms with Crippen molar-refractivity contribution < 1.29 is 18.7 Å². The summed E-state index contributed by atoms with van der Waals surface area (Å²) in [5.74, 6) is 1.14. The molecule has 2 aliphatic rings. The first kappa shape index (κ1) is 22.8. The van der Waals surface area contributed by atoms with Crippen molar-refractivity contribution in [3.63, 3.8) is 0 Å². The average Bonchev–Trinajstić information content (AvgIpc) is 3.55. The number of anilines is 1. The molecule has 1 spiro atoms. The molecule has 0 saturated heterocycles. The zero-order chi connectivity index (χ0) is 23.7. The summed E-state index contributed by atoms with van der Waals surface area (Å²) in [5, 5.41) is 4.00. The molecule has 0 radical (unpaired) electrons. The van der Waals surface area contributed by atoms with Crippen LogP contribution in [0.5, 0.6) is 5.75 Å². The van der Waals surface area contributed by atoms with Gasteiger partial charge in [-0.1, -0.05) is 0 Å². The molecule has 2 aromatic carbocycles. The van der Waals surface area contributed by atoms with Gasteiger partial charge in [-0.25, -0.2) is 4.39 Å². The lowest BCUT2D eigenvalue weighted by Gasteiger charge is -2.30. The number of benzene rings is 2. The predicted octanol–water partition coefficient (Wildman–Crippen LogP) is 6.01. The monoisotopic (exact) mass is 462 g/mol. The Morgan fingerprint density at radius 2 is 1.91 bits per heavy atom. The number of pyridine rings is 1. The van der Waals surface area contributed by atoms with Gasteiger partial charge in [0.05, 0.1) is 12.1 Å². The van der Waals surface area contributed by atoms with Crippen LogP contribution < -0.4 is 10.1 Å². The Hall–Kier alpha value is -2.99. The standard InChI is InChI=1S/C28H31FN2O3/c1-18-15-26-23(16-25(18)29)22(9-12-30-26)19-7-10-28(11-8-19)17-24(28)27(32)31-20-3-5-21(6-4-20)34-14-13-33-2/h3-6,9,12,15-16,19,24H,7-8,10-11,13-14,17H2,1-2H3,(H,31,32)/t19-,24-,28+/m0/s1. The highest BCUT2D eigenvalue weighted by Crippen LogP contribution is 2.63. The summed E-state index contributed by atoms with van der Waals surface area (Å²) in [6.45, 7) is 2.81. The number of methoxy groups -OCH3 is 1. The molecule has 1 amide bonds. The highest BCUT2D eigenvalue weighted by molar-refractivity contribution is 5.95. The summed E-state index contributed by atoms with van der Waals surface area (Å²) in [6.07, 6.45) is 6.88. The van der Waals surface area contributed by atoms with Gasteiger partial charge in [0, 0.05) is 30.3 Å². The Balaban J connectivity index is 1.19. The third-order valence-corrected chi connectivity index (χ3v) is 7.66. The molecule has 2 aliphatic carbocycles. The van der Waals surface area contributed by atoms with Crippen LogP contribution >= 0.6 is 0 Å². The molecule has 2 fully saturated rings. The van der Waals surface area contributed by atoms with Crippen LogP contribution in [-0.2, 0) is 9.53 Å². The number of ether oxygens (including phenoxy) is 2. The topological polar surface area (TPSA) is 60.5 Å². The van der Waals surface area contributed by atoms with Gasteiger partial charge >= 0.3 is 0 Å². The first-order chi connectivity index (χ1) is 16.5.